The quantitative estimate of drug-likeness (QED) is 0.610. The number of aromatic nitrogens is 4. The van der Waals surface area contributed by atoms with Crippen molar-refractivity contribution in [1.29, 1.82) is 0 Å². The summed E-state index contributed by atoms with van der Waals surface area (Å²) in [6.45, 7) is 3.23. The molecule has 1 saturated heterocycles. The lowest BCUT2D eigenvalue weighted by molar-refractivity contribution is -0.113. The molecular formula is C19H21N5O3S. The van der Waals surface area contributed by atoms with Crippen LogP contribution in [0.3, 0.4) is 0 Å². The fraction of sp³-hybridized carbons (Fsp3) is 0.368. The first-order chi connectivity index (χ1) is 13.7. The first kappa shape index (κ1) is 18.7. The maximum absolute atomic E-state index is 12.2. The number of nitrogens with one attached hydrogen (secondary N) is 1. The summed E-state index contributed by atoms with van der Waals surface area (Å²) >= 11 is 1.34. The van der Waals surface area contributed by atoms with E-state index in [1.807, 2.05) is 34.9 Å². The summed E-state index contributed by atoms with van der Waals surface area (Å²) in [4.78, 5) is 12.2. The molecule has 0 radical (unpaired) electrons. The van der Waals surface area contributed by atoms with Crippen LogP contribution in [0.25, 0.3) is 11.4 Å². The zero-order chi connectivity index (χ0) is 19.3. The lowest BCUT2D eigenvalue weighted by Crippen LogP contribution is -2.18. The predicted molar refractivity (Wildman–Crippen MR) is 105 cm³/mol. The van der Waals surface area contributed by atoms with Crippen LogP contribution in [0.2, 0.25) is 0 Å². The summed E-state index contributed by atoms with van der Waals surface area (Å²) in [6, 6.07) is 11.6. The minimum atomic E-state index is -0.175. The Morgan fingerprint density at radius 3 is 2.89 bits per heavy atom. The minimum Gasteiger partial charge on any atom is -0.376 e. The molecule has 28 heavy (non-hydrogen) atoms. The number of anilines is 1. The molecule has 146 valence electrons. The van der Waals surface area contributed by atoms with Crippen molar-refractivity contribution in [3.8, 4) is 11.4 Å². The van der Waals surface area contributed by atoms with Crippen molar-refractivity contribution >= 4 is 23.5 Å². The Bertz CT molecular complexity index is 934. The van der Waals surface area contributed by atoms with Gasteiger partial charge in [0, 0.05) is 18.2 Å². The van der Waals surface area contributed by atoms with Crippen LogP contribution in [0, 0.1) is 6.92 Å². The number of rotatable bonds is 7. The highest BCUT2D eigenvalue weighted by molar-refractivity contribution is 7.99. The fourth-order valence-electron chi connectivity index (χ4n) is 3.09. The molecule has 1 aliphatic rings. The number of hydrogen-bond donors (Lipinski definition) is 1. The number of carbonyl (C=O) groups is 1. The van der Waals surface area contributed by atoms with Crippen molar-refractivity contribution in [3.63, 3.8) is 0 Å². The van der Waals surface area contributed by atoms with Gasteiger partial charge in [0.05, 0.1) is 18.4 Å². The second-order valence-electron chi connectivity index (χ2n) is 6.58. The third kappa shape index (κ3) is 4.42. The van der Waals surface area contributed by atoms with Crippen LogP contribution < -0.4 is 5.32 Å². The molecule has 0 spiro atoms. The van der Waals surface area contributed by atoms with Gasteiger partial charge in [0.1, 0.15) is 5.76 Å². The van der Waals surface area contributed by atoms with Gasteiger partial charge < -0.3 is 14.6 Å². The molecule has 0 unspecified atom stereocenters. The minimum absolute atomic E-state index is 0.143. The Morgan fingerprint density at radius 1 is 1.32 bits per heavy atom. The molecule has 1 N–H and O–H groups in total. The number of thioether (sulfide) groups is 1. The lowest BCUT2D eigenvalue weighted by atomic mass is 10.2. The van der Waals surface area contributed by atoms with E-state index in [2.05, 4.69) is 20.7 Å². The predicted octanol–water partition coefficient (Wildman–Crippen LogP) is 3.15. The largest absolute Gasteiger partial charge is 0.376 e. The highest BCUT2D eigenvalue weighted by atomic mass is 32.2. The Morgan fingerprint density at radius 2 is 2.18 bits per heavy atom. The molecular weight excluding hydrogens is 378 g/mol. The number of amides is 1. The van der Waals surface area contributed by atoms with Crippen LogP contribution in [0.5, 0.6) is 0 Å². The third-order valence-corrected chi connectivity index (χ3v) is 5.35. The van der Waals surface area contributed by atoms with E-state index in [1.165, 1.54) is 11.8 Å². The van der Waals surface area contributed by atoms with Crippen LogP contribution in [0.1, 0.15) is 18.6 Å². The highest BCUT2D eigenvalue weighted by Crippen LogP contribution is 2.26. The monoisotopic (exact) mass is 399 g/mol. The average molecular weight is 399 g/mol. The molecule has 9 heteroatoms. The number of carbonyl (C=O) groups excluding carboxylic acids is 1. The molecule has 0 saturated carbocycles. The summed E-state index contributed by atoms with van der Waals surface area (Å²) in [7, 11) is 0. The number of aryl methyl sites for hydroxylation is 1. The van der Waals surface area contributed by atoms with Crippen molar-refractivity contribution < 1.29 is 14.1 Å². The zero-order valence-electron chi connectivity index (χ0n) is 15.5. The summed E-state index contributed by atoms with van der Waals surface area (Å²) in [5.41, 5.74) is 0.988. The molecule has 1 aromatic carbocycles. The van der Waals surface area contributed by atoms with E-state index in [1.54, 1.807) is 13.0 Å². The van der Waals surface area contributed by atoms with E-state index in [0.29, 0.717) is 23.3 Å². The van der Waals surface area contributed by atoms with Gasteiger partial charge in [0.25, 0.3) is 0 Å². The topological polar surface area (TPSA) is 95.1 Å². The maximum Gasteiger partial charge on any atom is 0.236 e. The maximum atomic E-state index is 12.2. The van der Waals surface area contributed by atoms with Crippen LogP contribution in [0.4, 0.5) is 5.82 Å². The van der Waals surface area contributed by atoms with Gasteiger partial charge in [-0.1, -0.05) is 47.3 Å². The first-order valence-electron chi connectivity index (χ1n) is 9.15. The molecule has 0 bridgehead atoms. The number of hydrogen-bond acceptors (Lipinski definition) is 7. The van der Waals surface area contributed by atoms with Crippen molar-refractivity contribution in [2.75, 3.05) is 17.7 Å². The fourth-order valence-corrected chi connectivity index (χ4v) is 3.83. The standard InChI is InChI=1S/C19H21N5O3S/c1-13-10-16(23-27-13)20-17(25)12-28-19-22-21-18(14-6-3-2-4-7-14)24(19)11-15-8-5-9-26-15/h2-4,6-7,10,15H,5,8-9,11-12H2,1H3,(H,20,23,25)/t15-/m1/s1. The first-order valence-corrected chi connectivity index (χ1v) is 10.1. The summed E-state index contributed by atoms with van der Waals surface area (Å²) in [5, 5.41) is 15.9. The lowest BCUT2D eigenvalue weighted by Gasteiger charge is -2.14. The van der Waals surface area contributed by atoms with Gasteiger partial charge in [-0.3, -0.25) is 9.36 Å². The molecule has 4 rings (SSSR count). The van der Waals surface area contributed by atoms with Crippen molar-refractivity contribution in [2.24, 2.45) is 0 Å². The molecule has 8 nitrogen and oxygen atoms in total. The van der Waals surface area contributed by atoms with Gasteiger partial charge in [0.15, 0.2) is 16.8 Å². The SMILES string of the molecule is Cc1cc(NC(=O)CSc2nnc(-c3ccccc3)n2C[C@H]2CCCO2)no1. The molecule has 1 aliphatic heterocycles. The summed E-state index contributed by atoms with van der Waals surface area (Å²) in [5.74, 6) is 1.86. The molecule has 1 atom stereocenters. The van der Waals surface area contributed by atoms with Gasteiger partial charge in [-0.25, -0.2) is 0 Å². The van der Waals surface area contributed by atoms with Crippen LogP contribution >= 0.6 is 11.8 Å². The summed E-state index contributed by atoms with van der Waals surface area (Å²) < 4.78 is 12.8. The molecule has 1 amide bonds. The van der Waals surface area contributed by atoms with Crippen LogP contribution in [0.15, 0.2) is 46.1 Å². The van der Waals surface area contributed by atoms with E-state index in [0.717, 1.165) is 30.8 Å². The van der Waals surface area contributed by atoms with E-state index < -0.39 is 0 Å². The van der Waals surface area contributed by atoms with Crippen molar-refractivity contribution in [3.05, 3.63) is 42.2 Å². The van der Waals surface area contributed by atoms with Crippen molar-refractivity contribution in [2.45, 2.75) is 37.6 Å². The Labute approximate surface area is 166 Å². The molecule has 0 aliphatic carbocycles. The third-order valence-electron chi connectivity index (χ3n) is 4.39. The van der Waals surface area contributed by atoms with E-state index in [9.17, 15) is 4.79 Å². The van der Waals surface area contributed by atoms with Gasteiger partial charge in [-0.2, -0.15) is 0 Å². The second kappa shape index (κ2) is 8.57. The van der Waals surface area contributed by atoms with Gasteiger partial charge in [0.2, 0.25) is 5.91 Å². The Hall–Kier alpha value is -2.65. The van der Waals surface area contributed by atoms with E-state index in [-0.39, 0.29) is 17.8 Å². The highest BCUT2D eigenvalue weighted by Gasteiger charge is 2.22. The second-order valence-corrected chi connectivity index (χ2v) is 7.52. The Kier molecular flexibility index (Phi) is 5.73. The molecule has 1 fully saturated rings. The van der Waals surface area contributed by atoms with Gasteiger partial charge >= 0.3 is 0 Å². The molecule has 2 aromatic heterocycles. The average Bonchev–Trinajstić information content (AvgIpc) is 3.44. The van der Waals surface area contributed by atoms with Gasteiger partial charge in [-0.05, 0) is 19.8 Å². The van der Waals surface area contributed by atoms with Crippen molar-refractivity contribution in [1.82, 2.24) is 19.9 Å². The zero-order valence-corrected chi connectivity index (χ0v) is 16.3. The summed E-state index contributed by atoms with van der Waals surface area (Å²) in [6.07, 6.45) is 2.22. The van der Waals surface area contributed by atoms with Gasteiger partial charge in [-0.15, -0.1) is 10.2 Å². The van der Waals surface area contributed by atoms with E-state index in [4.69, 9.17) is 9.26 Å². The number of nitrogens with zero attached hydrogens (tertiary/aromatic N) is 4. The number of ether oxygens (including phenoxy) is 1. The normalized spacial score (nSPS) is 16.4. The van der Waals surface area contributed by atoms with Crippen LogP contribution in [-0.2, 0) is 16.1 Å². The smallest absolute Gasteiger partial charge is 0.236 e. The van der Waals surface area contributed by atoms with Crippen LogP contribution in [-0.4, -0.2) is 44.3 Å². The number of benzene rings is 1. The molecule has 3 aromatic rings. The van der Waals surface area contributed by atoms with E-state index >= 15 is 0 Å². The molecule has 3 heterocycles. The Balaban J connectivity index is 1.49.